The standard InChI is InChI=1S/C14H18N2O/c1-17-14-4-2-3-13-12(14)8-11-7-10(9-15)5-6-16(11)13/h2-4,8,10H,5-7,9,15H2,1H3. The van der Waals surface area contributed by atoms with Gasteiger partial charge in [-0.2, -0.15) is 0 Å². The first-order valence-electron chi connectivity index (χ1n) is 6.18. The van der Waals surface area contributed by atoms with Crippen LogP contribution in [0, 0.1) is 5.92 Å². The SMILES string of the molecule is COc1cccc2c1cc1n2CCC(CN)C1. The van der Waals surface area contributed by atoms with Gasteiger partial charge < -0.3 is 15.0 Å². The number of ether oxygens (including phenoxy) is 1. The Morgan fingerprint density at radius 2 is 2.35 bits per heavy atom. The van der Waals surface area contributed by atoms with Crippen LogP contribution in [0.4, 0.5) is 0 Å². The minimum atomic E-state index is 0.637. The van der Waals surface area contributed by atoms with Crippen LogP contribution in [-0.2, 0) is 13.0 Å². The predicted molar refractivity (Wildman–Crippen MR) is 69.4 cm³/mol. The summed E-state index contributed by atoms with van der Waals surface area (Å²) in [4.78, 5) is 0. The lowest BCUT2D eigenvalue weighted by Crippen LogP contribution is -2.24. The van der Waals surface area contributed by atoms with E-state index in [0.29, 0.717) is 5.92 Å². The minimum Gasteiger partial charge on any atom is -0.496 e. The number of fused-ring (bicyclic) bond motifs is 3. The van der Waals surface area contributed by atoms with Gasteiger partial charge in [0.25, 0.3) is 0 Å². The molecule has 0 fully saturated rings. The van der Waals surface area contributed by atoms with Crippen molar-refractivity contribution in [3.63, 3.8) is 0 Å². The number of benzene rings is 1. The maximum Gasteiger partial charge on any atom is 0.128 e. The van der Waals surface area contributed by atoms with E-state index in [0.717, 1.165) is 25.3 Å². The Bertz CT molecular complexity index is 544. The fourth-order valence-corrected chi connectivity index (χ4v) is 2.83. The van der Waals surface area contributed by atoms with Crippen molar-refractivity contribution in [3.05, 3.63) is 30.0 Å². The molecule has 1 aromatic heterocycles. The van der Waals surface area contributed by atoms with Crippen molar-refractivity contribution in [1.29, 1.82) is 0 Å². The second-order valence-electron chi connectivity index (χ2n) is 4.77. The third kappa shape index (κ3) is 1.62. The Morgan fingerprint density at radius 1 is 1.47 bits per heavy atom. The predicted octanol–water partition coefficient (Wildman–Crippen LogP) is 2.17. The van der Waals surface area contributed by atoms with Gasteiger partial charge in [0.1, 0.15) is 5.75 Å². The molecular formula is C14H18N2O. The van der Waals surface area contributed by atoms with Gasteiger partial charge in [0.05, 0.1) is 12.6 Å². The van der Waals surface area contributed by atoms with E-state index in [4.69, 9.17) is 10.5 Å². The molecule has 3 nitrogen and oxygen atoms in total. The number of hydrogen-bond donors (Lipinski definition) is 1. The lowest BCUT2D eigenvalue weighted by Gasteiger charge is -2.23. The van der Waals surface area contributed by atoms with Crippen LogP contribution >= 0.6 is 0 Å². The Balaban J connectivity index is 2.14. The van der Waals surface area contributed by atoms with Gasteiger partial charge >= 0.3 is 0 Å². The Labute approximate surface area is 101 Å². The molecule has 90 valence electrons. The Kier molecular flexibility index (Phi) is 2.56. The van der Waals surface area contributed by atoms with Crippen molar-refractivity contribution >= 4 is 10.9 Å². The highest BCUT2D eigenvalue weighted by atomic mass is 16.5. The maximum atomic E-state index is 5.78. The van der Waals surface area contributed by atoms with Crippen LogP contribution in [0.25, 0.3) is 10.9 Å². The quantitative estimate of drug-likeness (QED) is 0.859. The molecule has 2 N–H and O–H groups in total. The monoisotopic (exact) mass is 230 g/mol. The highest BCUT2D eigenvalue weighted by Gasteiger charge is 2.20. The molecule has 0 aliphatic carbocycles. The number of nitrogens with two attached hydrogens (primary N) is 1. The van der Waals surface area contributed by atoms with E-state index in [1.54, 1.807) is 7.11 Å². The van der Waals surface area contributed by atoms with E-state index in [1.807, 2.05) is 6.07 Å². The first-order valence-corrected chi connectivity index (χ1v) is 6.18. The molecule has 0 saturated heterocycles. The fourth-order valence-electron chi connectivity index (χ4n) is 2.83. The van der Waals surface area contributed by atoms with Gasteiger partial charge in [-0.1, -0.05) is 6.07 Å². The summed E-state index contributed by atoms with van der Waals surface area (Å²) in [5.41, 5.74) is 8.46. The van der Waals surface area contributed by atoms with Crippen LogP contribution in [0.5, 0.6) is 5.75 Å². The van der Waals surface area contributed by atoms with Crippen molar-refractivity contribution in [1.82, 2.24) is 4.57 Å². The van der Waals surface area contributed by atoms with Crippen molar-refractivity contribution in [3.8, 4) is 5.75 Å². The molecule has 1 aliphatic heterocycles. The third-order valence-electron chi connectivity index (χ3n) is 3.80. The fraction of sp³-hybridized carbons (Fsp3) is 0.429. The number of hydrogen-bond acceptors (Lipinski definition) is 2. The second kappa shape index (κ2) is 4.08. The number of nitrogens with zero attached hydrogens (tertiary/aromatic N) is 1. The average Bonchev–Trinajstić information content (AvgIpc) is 2.75. The van der Waals surface area contributed by atoms with E-state index < -0.39 is 0 Å². The zero-order valence-electron chi connectivity index (χ0n) is 10.1. The van der Waals surface area contributed by atoms with Crippen molar-refractivity contribution in [2.24, 2.45) is 11.7 Å². The molecule has 2 aromatic rings. The molecular weight excluding hydrogens is 212 g/mol. The van der Waals surface area contributed by atoms with Gasteiger partial charge in [0.15, 0.2) is 0 Å². The van der Waals surface area contributed by atoms with Crippen LogP contribution in [0.2, 0.25) is 0 Å². The molecule has 0 radical (unpaired) electrons. The smallest absolute Gasteiger partial charge is 0.128 e. The largest absolute Gasteiger partial charge is 0.496 e. The first kappa shape index (κ1) is 10.7. The molecule has 3 heteroatoms. The summed E-state index contributed by atoms with van der Waals surface area (Å²) >= 11 is 0. The zero-order valence-corrected chi connectivity index (χ0v) is 10.1. The summed E-state index contributed by atoms with van der Waals surface area (Å²) in [5, 5.41) is 1.22. The van der Waals surface area contributed by atoms with E-state index in [1.165, 1.54) is 23.0 Å². The topological polar surface area (TPSA) is 40.2 Å². The third-order valence-corrected chi connectivity index (χ3v) is 3.80. The van der Waals surface area contributed by atoms with Crippen LogP contribution in [0.1, 0.15) is 12.1 Å². The number of rotatable bonds is 2. The molecule has 0 bridgehead atoms. The normalized spacial score (nSPS) is 19.3. The molecule has 0 spiro atoms. The Hall–Kier alpha value is -1.48. The van der Waals surface area contributed by atoms with Gasteiger partial charge in [-0.15, -0.1) is 0 Å². The molecule has 17 heavy (non-hydrogen) atoms. The summed E-state index contributed by atoms with van der Waals surface area (Å²) in [5.74, 6) is 1.60. The van der Waals surface area contributed by atoms with E-state index in [9.17, 15) is 0 Å². The molecule has 1 atom stereocenters. The van der Waals surface area contributed by atoms with Crippen molar-refractivity contribution in [2.45, 2.75) is 19.4 Å². The molecule has 2 heterocycles. The minimum absolute atomic E-state index is 0.637. The maximum absolute atomic E-state index is 5.78. The zero-order chi connectivity index (χ0) is 11.8. The van der Waals surface area contributed by atoms with Crippen LogP contribution in [-0.4, -0.2) is 18.2 Å². The summed E-state index contributed by atoms with van der Waals surface area (Å²) in [6.45, 7) is 1.87. The van der Waals surface area contributed by atoms with E-state index >= 15 is 0 Å². The molecule has 1 aliphatic rings. The van der Waals surface area contributed by atoms with Gasteiger partial charge in [-0.25, -0.2) is 0 Å². The Morgan fingerprint density at radius 3 is 3.12 bits per heavy atom. The van der Waals surface area contributed by atoms with Crippen molar-refractivity contribution < 1.29 is 4.74 Å². The molecule has 0 saturated carbocycles. The molecule has 0 amide bonds. The van der Waals surface area contributed by atoms with Crippen molar-refractivity contribution in [2.75, 3.05) is 13.7 Å². The first-order chi connectivity index (χ1) is 8.33. The van der Waals surface area contributed by atoms with Crippen LogP contribution in [0.3, 0.4) is 0 Å². The summed E-state index contributed by atoms with van der Waals surface area (Å²) in [6.07, 6.45) is 2.28. The van der Waals surface area contributed by atoms with Crippen LogP contribution in [0.15, 0.2) is 24.3 Å². The van der Waals surface area contributed by atoms with E-state index in [2.05, 4.69) is 22.8 Å². The highest BCUT2D eigenvalue weighted by molar-refractivity contribution is 5.87. The molecule has 3 rings (SSSR count). The van der Waals surface area contributed by atoms with Gasteiger partial charge in [-0.3, -0.25) is 0 Å². The van der Waals surface area contributed by atoms with Gasteiger partial charge in [0.2, 0.25) is 0 Å². The highest BCUT2D eigenvalue weighted by Crippen LogP contribution is 2.32. The van der Waals surface area contributed by atoms with Crippen LogP contribution < -0.4 is 10.5 Å². The van der Waals surface area contributed by atoms with E-state index in [-0.39, 0.29) is 0 Å². The van der Waals surface area contributed by atoms with Gasteiger partial charge in [0, 0.05) is 17.6 Å². The number of aryl methyl sites for hydroxylation is 1. The van der Waals surface area contributed by atoms with Gasteiger partial charge in [-0.05, 0) is 43.5 Å². The summed E-state index contributed by atoms with van der Waals surface area (Å²) in [6, 6.07) is 8.51. The lowest BCUT2D eigenvalue weighted by molar-refractivity contribution is 0.402. The average molecular weight is 230 g/mol. The molecule has 1 unspecified atom stereocenters. The molecule has 1 aromatic carbocycles. The second-order valence-corrected chi connectivity index (χ2v) is 4.77. The summed E-state index contributed by atoms with van der Waals surface area (Å²) in [7, 11) is 1.73. The number of aromatic nitrogens is 1. The summed E-state index contributed by atoms with van der Waals surface area (Å²) < 4.78 is 7.83. The lowest BCUT2D eigenvalue weighted by atomic mass is 9.96. The number of methoxy groups -OCH3 is 1.